The minimum absolute atomic E-state index is 0.500. The Morgan fingerprint density at radius 3 is 2.62 bits per heavy atom. The molecule has 0 aliphatic carbocycles. The molecule has 0 unspecified atom stereocenters. The molecule has 1 nitrogen and oxygen atoms in total. The van der Waals surface area contributed by atoms with Gasteiger partial charge in [0.25, 0.3) is 0 Å². The van der Waals surface area contributed by atoms with Gasteiger partial charge in [0.1, 0.15) is 0 Å². The molecular weight excluding hydrogens is 225 g/mol. The third-order valence-electron chi connectivity index (χ3n) is 1.92. The third kappa shape index (κ3) is 1.90. The van der Waals surface area contributed by atoms with E-state index in [1.165, 1.54) is 10.1 Å². The van der Waals surface area contributed by atoms with E-state index in [2.05, 4.69) is 41.1 Å². The van der Waals surface area contributed by atoms with E-state index < -0.39 is 0 Å². The molecule has 66 valence electrons. The summed E-state index contributed by atoms with van der Waals surface area (Å²) >= 11 is 0.500. The average Bonchev–Trinajstić information content (AvgIpc) is 2.67. The van der Waals surface area contributed by atoms with Gasteiger partial charge in [-0.1, -0.05) is 0 Å². The van der Waals surface area contributed by atoms with Gasteiger partial charge in [-0.3, -0.25) is 0 Å². The van der Waals surface area contributed by atoms with Crippen molar-refractivity contribution in [2.45, 2.75) is 13.3 Å². The quantitative estimate of drug-likeness (QED) is 0.729. The first-order valence-corrected chi connectivity index (χ1v) is 6.24. The zero-order chi connectivity index (χ0) is 9.10. The number of nitrogens with zero attached hydrogens (tertiary/aromatic N) is 1. The van der Waals surface area contributed by atoms with Gasteiger partial charge in [0.15, 0.2) is 0 Å². The topological polar surface area (TPSA) is 12.9 Å². The van der Waals surface area contributed by atoms with Gasteiger partial charge in [-0.05, 0) is 0 Å². The van der Waals surface area contributed by atoms with Gasteiger partial charge < -0.3 is 0 Å². The van der Waals surface area contributed by atoms with Crippen LogP contribution in [0.15, 0.2) is 35.3 Å². The Balaban J connectivity index is 2.36. The fraction of sp³-hybridized carbons (Fsp3) is 0.182. The van der Waals surface area contributed by atoms with Crippen LogP contribution in [0.1, 0.15) is 11.5 Å². The molecule has 0 aliphatic rings. The van der Waals surface area contributed by atoms with Gasteiger partial charge in [0, 0.05) is 0 Å². The molecule has 2 aromatic rings. The summed E-state index contributed by atoms with van der Waals surface area (Å²) in [5, 5.41) is 0. The molecule has 0 aliphatic heterocycles. The predicted octanol–water partition coefficient (Wildman–Crippen LogP) is 2.37. The van der Waals surface area contributed by atoms with E-state index in [0.29, 0.717) is 14.5 Å². The van der Waals surface area contributed by atoms with E-state index in [1.54, 1.807) is 0 Å². The Morgan fingerprint density at radius 1 is 1.23 bits per heavy atom. The normalized spacial score (nSPS) is 10.2. The first-order chi connectivity index (χ1) is 6.40. The molecule has 0 atom stereocenters. The maximum atomic E-state index is 4.58. The van der Waals surface area contributed by atoms with Gasteiger partial charge in [-0.25, -0.2) is 0 Å². The summed E-state index contributed by atoms with van der Waals surface area (Å²) in [5.41, 5.74) is 2.41. The first kappa shape index (κ1) is 8.73. The zero-order valence-electron chi connectivity index (χ0n) is 7.53. The van der Waals surface area contributed by atoms with Crippen LogP contribution in [0.25, 0.3) is 11.3 Å². The standard InChI is InChI=1S/C11H11NSe/c1-2-11-12-10(8-13-11)9-6-4-3-5-7-9/h3-8H,2H2,1H3. The Hall–Kier alpha value is -0.851. The van der Waals surface area contributed by atoms with Crippen molar-refractivity contribution in [3.05, 3.63) is 39.8 Å². The monoisotopic (exact) mass is 237 g/mol. The number of rotatable bonds is 2. The Kier molecular flexibility index (Phi) is 2.62. The van der Waals surface area contributed by atoms with Crippen LogP contribution in [0.5, 0.6) is 0 Å². The van der Waals surface area contributed by atoms with Gasteiger partial charge >= 0.3 is 83.9 Å². The van der Waals surface area contributed by atoms with Crippen molar-refractivity contribution in [2.24, 2.45) is 0 Å². The van der Waals surface area contributed by atoms with E-state index >= 15 is 0 Å². The van der Waals surface area contributed by atoms with Crippen molar-refractivity contribution in [3.8, 4) is 11.3 Å². The predicted molar refractivity (Wildman–Crippen MR) is 56.0 cm³/mol. The van der Waals surface area contributed by atoms with Gasteiger partial charge in [-0.2, -0.15) is 0 Å². The van der Waals surface area contributed by atoms with Crippen molar-refractivity contribution < 1.29 is 0 Å². The van der Waals surface area contributed by atoms with Crippen LogP contribution in [0, 0.1) is 0 Å². The van der Waals surface area contributed by atoms with E-state index in [4.69, 9.17) is 0 Å². The molecule has 0 N–H and O–H groups in total. The third-order valence-corrected chi connectivity index (χ3v) is 4.01. The number of aryl methyl sites for hydroxylation is 1. The second-order valence-electron chi connectivity index (χ2n) is 2.85. The molecule has 0 spiro atoms. The summed E-state index contributed by atoms with van der Waals surface area (Å²) in [5.74, 6) is 0. The van der Waals surface area contributed by atoms with Crippen LogP contribution >= 0.6 is 0 Å². The molecule has 2 heteroatoms. The molecule has 0 amide bonds. The van der Waals surface area contributed by atoms with Crippen LogP contribution < -0.4 is 0 Å². The van der Waals surface area contributed by atoms with Crippen molar-refractivity contribution in [1.82, 2.24) is 4.98 Å². The molecule has 1 aromatic carbocycles. The molecular formula is C11H11NSe. The summed E-state index contributed by atoms with van der Waals surface area (Å²) in [6, 6.07) is 10.4. The maximum absolute atomic E-state index is 4.58. The van der Waals surface area contributed by atoms with E-state index in [-0.39, 0.29) is 0 Å². The summed E-state index contributed by atoms with van der Waals surface area (Å²) in [7, 11) is 0. The van der Waals surface area contributed by atoms with Crippen molar-refractivity contribution in [1.29, 1.82) is 0 Å². The number of aromatic nitrogens is 1. The van der Waals surface area contributed by atoms with Gasteiger partial charge in [-0.15, -0.1) is 0 Å². The molecule has 1 heterocycles. The first-order valence-electron chi connectivity index (χ1n) is 4.40. The van der Waals surface area contributed by atoms with Crippen LogP contribution in [0.2, 0.25) is 0 Å². The van der Waals surface area contributed by atoms with Crippen LogP contribution in [-0.2, 0) is 6.42 Å². The second-order valence-corrected chi connectivity index (χ2v) is 4.82. The molecule has 0 saturated heterocycles. The van der Waals surface area contributed by atoms with Gasteiger partial charge in [0.05, 0.1) is 0 Å². The second kappa shape index (κ2) is 3.91. The van der Waals surface area contributed by atoms with Crippen LogP contribution in [0.4, 0.5) is 0 Å². The number of hydrogen-bond donors (Lipinski definition) is 0. The van der Waals surface area contributed by atoms with Crippen molar-refractivity contribution in [2.75, 3.05) is 0 Å². The average molecular weight is 236 g/mol. The molecule has 13 heavy (non-hydrogen) atoms. The van der Waals surface area contributed by atoms with E-state index in [9.17, 15) is 0 Å². The van der Waals surface area contributed by atoms with Crippen LogP contribution in [-0.4, -0.2) is 19.5 Å². The van der Waals surface area contributed by atoms with Gasteiger partial charge in [0.2, 0.25) is 0 Å². The fourth-order valence-corrected chi connectivity index (χ4v) is 2.80. The summed E-state index contributed by atoms with van der Waals surface area (Å²) in [6.45, 7) is 2.17. The van der Waals surface area contributed by atoms with E-state index in [0.717, 1.165) is 12.1 Å². The molecule has 2 rings (SSSR count). The van der Waals surface area contributed by atoms with Crippen LogP contribution in [0.3, 0.4) is 0 Å². The fourth-order valence-electron chi connectivity index (χ4n) is 1.21. The molecule has 0 saturated carbocycles. The molecule has 0 bridgehead atoms. The van der Waals surface area contributed by atoms with Crippen molar-refractivity contribution in [3.63, 3.8) is 0 Å². The zero-order valence-corrected chi connectivity index (χ0v) is 9.24. The molecule has 0 fully saturated rings. The number of hydrogen-bond acceptors (Lipinski definition) is 1. The number of benzene rings is 1. The summed E-state index contributed by atoms with van der Waals surface area (Å²) in [4.78, 5) is 6.85. The molecule has 0 radical (unpaired) electrons. The Labute approximate surface area is 84.2 Å². The molecule has 1 aromatic heterocycles. The Bertz CT molecular complexity index is 378. The van der Waals surface area contributed by atoms with E-state index in [1.807, 2.05) is 6.07 Å². The van der Waals surface area contributed by atoms with Crippen molar-refractivity contribution >= 4 is 14.5 Å². The summed E-state index contributed by atoms with van der Waals surface area (Å²) in [6.07, 6.45) is 1.09. The summed E-state index contributed by atoms with van der Waals surface area (Å²) < 4.78 is 1.35. The Morgan fingerprint density at radius 2 is 2.00 bits per heavy atom. The SMILES string of the molecule is CCc1nc(-c2ccccc2)c[se]1. The minimum atomic E-state index is 0.500.